The third-order valence-electron chi connectivity index (χ3n) is 3.36. The van der Waals surface area contributed by atoms with Crippen molar-refractivity contribution in [2.45, 2.75) is 13.8 Å². The van der Waals surface area contributed by atoms with E-state index in [0.717, 1.165) is 26.3 Å². The van der Waals surface area contributed by atoms with E-state index in [2.05, 4.69) is 9.97 Å². The molecule has 3 aromatic rings. The Morgan fingerprint density at radius 1 is 1.25 bits per heavy atom. The number of H-pyrrole nitrogens is 1. The normalized spacial score (nSPS) is 11.2. The van der Waals surface area contributed by atoms with Gasteiger partial charge in [0.15, 0.2) is 0 Å². The lowest BCUT2D eigenvalue weighted by molar-refractivity contribution is -0.497. The molecule has 6 heteroatoms. The first-order chi connectivity index (χ1) is 9.60. The second-order valence-electron chi connectivity index (χ2n) is 4.62. The molecule has 20 heavy (non-hydrogen) atoms. The zero-order valence-corrected chi connectivity index (χ0v) is 11.9. The molecular weight excluding hydrogens is 274 g/mol. The molecule has 0 aliphatic heterocycles. The Morgan fingerprint density at radius 2 is 1.95 bits per heavy atom. The van der Waals surface area contributed by atoms with Crippen molar-refractivity contribution in [1.82, 2.24) is 9.97 Å². The van der Waals surface area contributed by atoms with Gasteiger partial charge >= 0.3 is 0 Å². The van der Waals surface area contributed by atoms with E-state index in [1.165, 1.54) is 11.3 Å². The summed E-state index contributed by atoms with van der Waals surface area (Å²) in [4.78, 5) is 21.4. The first-order valence-electron chi connectivity index (χ1n) is 6.16. The predicted molar refractivity (Wildman–Crippen MR) is 80.1 cm³/mol. The van der Waals surface area contributed by atoms with Crippen molar-refractivity contribution in [3.8, 4) is 11.4 Å². The molecule has 0 bridgehead atoms. The maximum atomic E-state index is 12.2. The molecular formula is C14H13N3O2S. The molecule has 3 N–H and O–H groups in total. The van der Waals surface area contributed by atoms with Crippen LogP contribution in [-0.4, -0.2) is 9.97 Å². The third-order valence-corrected chi connectivity index (χ3v) is 4.46. The lowest BCUT2D eigenvalue weighted by atomic mass is 10.2. The zero-order valence-electron chi connectivity index (χ0n) is 11.1. The Hall–Kier alpha value is -2.02. The first kappa shape index (κ1) is 13.0. The summed E-state index contributed by atoms with van der Waals surface area (Å²) in [5, 5.41) is 11.3. The second kappa shape index (κ2) is 4.82. The molecule has 102 valence electrons. The van der Waals surface area contributed by atoms with Crippen molar-refractivity contribution >= 4 is 27.2 Å². The lowest BCUT2D eigenvalue weighted by Gasteiger charge is -2.03. The Bertz CT molecular complexity index is 834. The summed E-state index contributed by atoms with van der Waals surface area (Å²) >= 11 is 1.52. The van der Waals surface area contributed by atoms with Gasteiger partial charge in [-0.15, -0.1) is 11.3 Å². The summed E-state index contributed by atoms with van der Waals surface area (Å²) in [7, 11) is 0. The molecule has 3 rings (SSSR count). The summed E-state index contributed by atoms with van der Waals surface area (Å²) in [6, 6.07) is 6.97. The number of quaternary nitrogens is 1. The van der Waals surface area contributed by atoms with E-state index in [1.807, 2.05) is 13.8 Å². The van der Waals surface area contributed by atoms with E-state index in [9.17, 15) is 10.0 Å². The number of aromatic amines is 1. The number of hydrogen-bond donors (Lipinski definition) is 2. The molecule has 1 aromatic carbocycles. The summed E-state index contributed by atoms with van der Waals surface area (Å²) in [6.07, 6.45) is 0. The lowest BCUT2D eigenvalue weighted by Crippen LogP contribution is -2.70. The highest BCUT2D eigenvalue weighted by molar-refractivity contribution is 7.18. The molecule has 2 heterocycles. The molecule has 5 nitrogen and oxygen atoms in total. The van der Waals surface area contributed by atoms with Crippen LogP contribution < -0.4 is 11.0 Å². The van der Waals surface area contributed by atoms with Crippen LogP contribution in [-0.2, 0) is 0 Å². The van der Waals surface area contributed by atoms with E-state index in [0.29, 0.717) is 16.9 Å². The van der Waals surface area contributed by atoms with Crippen LogP contribution in [0.4, 0.5) is 5.69 Å². The number of benzene rings is 1. The minimum absolute atomic E-state index is 0.119. The number of thiophene rings is 1. The quantitative estimate of drug-likeness (QED) is 0.558. The number of aryl methyl sites for hydroxylation is 2. The van der Waals surface area contributed by atoms with E-state index < -0.39 is 0 Å². The minimum Gasteiger partial charge on any atom is -0.630 e. The predicted octanol–water partition coefficient (Wildman–Crippen LogP) is 1.96. The van der Waals surface area contributed by atoms with Crippen LogP contribution in [0.3, 0.4) is 0 Å². The van der Waals surface area contributed by atoms with E-state index in [1.54, 1.807) is 24.3 Å². The van der Waals surface area contributed by atoms with Crippen LogP contribution in [0.1, 0.15) is 10.4 Å². The summed E-state index contributed by atoms with van der Waals surface area (Å²) in [5.41, 5.74) is 3.04. The molecule has 0 saturated heterocycles. The van der Waals surface area contributed by atoms with Gasteiger partial charge in [0.2, 0.25) is 0 Å². The summed E-state index contributed by atoms with van der Waals surface area (Å²) < 4.78 is 0. The maximum absolute atomic E-state index is 12.2. The highest BCUT2D eigenvalue weighted by atomic mass is 32.1. The molecule has 0 saturated carbocycles. The number of fused-ring (bicyclic) bond motifs is 1. The molecule has 0 aliphatic rings. The number of nitrogens with two attached hydrogens (primary N) is 1. The van der Waals surface area contributed by atoms with Gasteiger partial charge in [-0.3, -0.25) is 4.79 Å². The molecule has 0 fully saturated rings. The Balaban J connectivity index is 2.19. The van der Waals surface area contributed by atoms with Crippen molar-refractivity contribution in [1.29, 1.82) is 0 Å². The van der Waals surface area contributed by atoms with Crippen LogP contribution >= 0.6 is 11.3 Å². The number of hydrogen-bond acceptors (Lipinski definition) is 4. The van der Waals surface area contributed by atoms with Crippen molar-refractivity contribution in [3.05, 3.63) is 50.3 Å². The first-order valence-corrected chi connectivity index (χ1v) is 6.97. The molecule has 0 amide bonds. The van der Waals surface area contributed by atoms with Gasteiger partial charge in [0.1, 0.15) is 16.3 Å². The van der Waals surface area contributed by atoms with Gasteiger partial charge < -0.3 is 15.7 Å². The van der Waals surface area contributed by atoms with E-state index in [-0.39, 0.29) is 5.56 Å². The van der Waals surface area contributed by atoms with Crippen molar-refractivity contribution in [3.63, 3.8) is 0 Å². The topological polar surface area (TPSA) is 85.4 Å². The molecule has 0 radical (unpaired) electrons. The molecule has 0 atom stereocenters. The van der Waals surface area contributed by atoms with Gasteiger partial charge in [-0.25, -0.2) is 4.98 Å². The van der Waals surface area contributed by atoms with Gasteiger partial charge in [-0.2, -0.15) is 0 Å². The smallest absolute Gasteiger partial charge is 0.260 e. The highest BCUT2D eigenvalue weighted by Crippen LogP contribution is 2.27. The third kappa shape index (κ3) is 2.03. The summed E-state index contributed by atoms with van der Waals surface area (Å²) in [5.74, 6) is 0.529. The monoisotopic (exact) mass is 287 g/mol. The maximum Gasteiger partial charge on any atom is 0.260 e. The summed E-state index contributed by atoms with van der Waals surface area (Å²) in [6.45, 7) is 3.92. The van der Waals surface area contributed by atoms with Crippen LogP contribution in [0.15, 0.2) is 29.1 Å². The average molecular weight is 287 g/mol. The molecule has 0 aliphatic carbocycles. The Morgan fingerprint density at radius 3 is 2.60 bits per heavy atom. The van der Waals surface area contributed by atoms with Gasteiger partial charge in [-0.1, -0.05) is 0 Å². The second-order valence-corrected chi connectivity index (χ2v) is 5.82. The number of rotatable bonds is 2. The van der Waals surface area contributed by atoms with Crippen LogP contribution in [0.5, 0.6) is 0 Å². The molecule has 0 unspecified atom stereocenters. The molecule has 0 spiro atoms. The van der Waals surface area contributed by atoms with E-state index in [4.69, 9.17) is 0 Å². The fourth-order valence-corrected chi connectivity index (χ4v) is 3.14. The van der Waals surface area contributed by atoms with E-state index >= 15 is 0 Å². The average Bonchev–Trinajstić information content (AvgIpc) is 2.74. The number of nitrogens with zero attached hydrogens (tertiary/aromatic N) is 1. The largest absolute Gasteiger partial charge is 0.630 e. The molecule has 2 aromatic heterocycles. The Labute approximate surface area is 118 Å². The highest BCUT2D eigenvalue weighted by Gasteiger charge is 2.12. The fraction of sp³-hybridized carbons (Fsp3) is 0.143. The van der Waals surface area contributed by atoms with Crippen LogP contribution in [0, 0.1) is 19.1 Å². The minimum atomic E-state index is -0.119. The van der Waals surface area contributed by atoms with Crippen molar-refractivity contribution < 1.29 is 5.48 Å². The zero-order chi connectivity index (χ0) is 14.3. The van der Waals surface area contributed by atoms with Crippen molar-refractivity contribution in [2.24, 2.45) is 0 Å². The van der Waals surface area contributed by atoms with Crippen LogP contribution in [0.25, 0.3) is 21.6 Å². The van der Waals surface area contributed by atoms with Gasteiger partial charge in [0, 0.05) is 10.4 Å². The SMILES string of the molecule is Cc1sc2nc(-c3ccc([NH2+][O-])cc3)[nH]c(=O)c2c1C. The fourth-order valence-electron chi connectivity index (χ4n) is 2.11. The van der Waals surface area contributed by atoms with Crippen LogP contribution in [0.2, 0.25) is 0 Å². The van der Waals surface area contributed by atoms with Gasteiger partial charge in [0.05, 0.1) is 5.39 Å². The number of aromatic nitrogens is 2. The standard InChI is InChI=1S/C14H13N3O2S/c1-7-8(2)20-14-11(7)13(18)15-12(16-14)9-3-5-10(17-19)6-4-9/h3-6H,17H2,1-2H3,(H,15,16,18). The van der Waals surface area contributed by atoms with Gasteiger partial charge in [0.25, 0.3) is 5.56 Å². The van der Waals surface area contributed by atoms with Gasteiger partial charge in [-0.05, 0) is 43.7 Å². The number of nitrogens with one attached hydrogen (secondary N) is 1. The van der Waals surface area contributed by atoms with Crippen molar-refractivity contribution in [2.75, 3.05) is 0 Å². The Kier molecular flexibility index (Phi) is 3.13.